The van der Waals surface area contributed by atoms with Crippen molar-refractivity contribution in [1.29, 1.82) is 5.26 Å². The molecule has 0 radical (unpaired) electrons. The highest BCUT2D eigenvalue weighted by atomic mass is 16.5. The Kier molecular flexibility index (Phi) is 3.59. The summed E-state index contributed by atoms with van der Waals surface area (Å²) in [5, 5.41) is 8.34. The van der Waals surface area contributed by atoms with Gasteiger partial charge in [0.15, 0.2) is 0 Å². The molecule has 1 rings (SSSR count). The van der Waals surface area contributed by atoms with Crippen LogP contribution in [0, 0.1) is 11.3 Å². The molecule has 3 heteroatoms. The first-order valence-electron chi connectivity index (χ1n) is 4.39. The van der Waals surface area contributed by atoms with Gasteiger partial charge in [-0.3, -0.25) is 4.79 Å². The number of carbonyl (C=O) groups excluding carboxylic acids is 1. The lowest BCUT2D eigenvalue weighted by atomic mass is 10.1. The fourth-order valence-corrected chi connectivity index (χ4v) is 1.37. The van der Waals surface area contributed by atoms with Crippen molar-refractivity contribution >= 4 is 5.97 Å². The lowest BCUT2D eigenvalue weighted by Crippen LogP contribution is -2.14. The third-order valence-corrected chi connectivity index (χ3v) is 2.03. The first-order valence-corrected chi connectivity index (χ1v) is 4.39. The second kappa shape index (κ2) is 4.76. The quantitative estimate of drug-likeness (QED) is 0.589. The third-order valence-electron chi connectivity index (χ3n) is 2.03. The van der Waals surface area contributed by atoms with E-state index in [1.54, 1.807) is 0 Å². The normalized spacial score (nSPS) is 23.9. The molecule has 0 N–H and O–H groups in total. The molecule has 0 aliphatic carbocycles. The van der Waals surface area contributed by atoms with Crippen LogP contribution < -0.4 is 0 Å². The van der Waals surface area contributed by atoms with Gasteiger partial charge in [-0.15, -0.1) is 0 Å². The minimum atomic E-state index is -0.101. The van der Waals surface area contributed by atoms with Crippen molar-refractivity contribution in [3.63, 3.8) is 0 Å². The number of nitrogens with zero attached hydrogens (tertiary/aromatic N) is 1. The number of cyclic esters (lactones) is 1. The summed E-state index contributed by atoms with van der Waals surface area (Å²) in [7, 11) is 0. The van der Waals surface area contributed by atoms with Crippen LogP contribution in [0.25, 0.3) is 0 Å². The molecule has 0 aromatic heterocycles. The van der Waals surface area contributed by atoms with Crippen LogP contribution in [0.4, 0.5) is 0 Å². The second-order valence-electron chi connectivity index (χ2n) is 3.05. The standard InChI is InChI=1S/C9H13NO2/c10-7-3-5-8-4-1-2-6-9(11)12-8/h8H,1-6H2/t8-/m1/s1. The minimum Gasteiger partial charge on any atom is -0.462 e. The molecule has 0 aromatic rings. The van der Waals surface area contributed by atoms with Gasteiger partial charge in [0.2, 0.25) is 0 Å². The Morgan fingerprint density at radius 3 is 3.17 bits per heavy atom. The summed E-state index contributed by atoms with van der Waals surface area (Å²) >= 11 is 0. The maximum atomic E-state index is 11.0. The Morgan fingerprint density at radius 1 is 1.58 bits per heavy atom. The summed E-state index contributed by atoms with van der Waals surface area (Å²) in [4.78, 5) is 11.0. The average Bonchev–Trinajstić information content (AvgIpc) is 2.26. The van der Waals surface area contributed by atoms with Gasteiger partial charge in [0.05, 0.1) is 6.07 Å². The Hall–Kier alpha value is -1.04. The Morgan fingerprint density at radius 2 is 2.42 bits per heavy atom. The molecular formula is C9H13NO2. The zero-order valence-corrected chi connectivity index (χ0v) is 7.08. The van der Waals surface area contributed by atoms with Crippen molar-refractivity contribution < 1.29 is 9.53 Å². The van der Waals surface area contributed by atoms with Crippen molar-refractivity contribution in [1.82, 2.24) is 0 Å². The highest BCUT2D eigenvalue weighted by molar-refractivity contribution is 5.69. The lowest BCUT2D eigenvalue weighted by molar-refractivity contribution is -0.148. The molecule has 0 amide bonds. The topological polar surface area (TPSA) is 50.1 Å². The zero-order valence-electron chi connectivity index (χ0n) is 7.08. The molecule has 0 unspecified atom stereocenters. The molecule has 1 heterocycles. The molecule has 1 aliphatic rings. The van der Waals surface area contributed by atoms with Gasteiger partial charge in [-0.2, -0.15) is 5.26 Å². The first kappa shape index (κ1) is 9.05. The van der Waals surface area contributed by atoms with Crippen LogP contribution in [-0.4, -0.2) is 12.1 Å². The van der Waals surface area contributed by atoms with Crippen LogP contribution in [0.3, 0.4) is 0 Å². The highest BCUT2D eigenvalue weighted by Crippen LogP contribution is 2.17. The predicted octanol–water partition coefficient (Wildman–Crippen LogP) is 1.78. The van der Waals surface area contributed by atoms with Gasteiger partial charge in [-0.25, -0.2) is 0 Å². The summed E-state index contributed by atoms with van der Waals surface area (Å²) in [5.41, 5.74) is 0. The Balaban J connectivity index is 2.32. The first-order chi connectivity index (χ1) is 5.83. The number of carbonyl (C=O) groups is 1. The number of rotatable bonds is 2. The highest BCUT2D eigenvalue weighted by Gasteiger charge is 2.17. The van der Waals surface area contributed by atoms with Crippen LogP contribution in [-0.2, 0) is 9.53 Å². The van der Waals surface area contributed by atoms with Crippen molar-refractivity contribution in [3.05, 3.63) is 0 Å². The van der Waals surface area contributed by atoms with E-state index in [0.717, 1.165) is 19.3 Å². The monoisotopic (exact) mass is 167 g/mol. The van der Waals surface area contributed by atoms with E-state index in [1.807, 2.05) is 0 Å². The van der Waals surface area contributed by atoms with E-state index < -0.39 is 0 Å². The van der Waals surface area contributed by atoms with E-state index in [2.05, 4.69) is 6.07 Å². The molecular weight excluding hydrogens is 154 g/mol. The lowest BCUT2D eigenvalue weighted by Gasteiger charge is -2.12. The van der Waals surface area contributed by atoms with Crippen molar-refractivity contribution in [2.45, 2.75) is 44.6 Å². The largest absolute Gasteiger partial charge is 0.462 e. The third kappa shape index (κ3) is 2.91. The van der Waals surface area contributed by atoms with E-state index in [0.29, 0.717) is 19.3 Å². The van der Waals surface area contributed by atoms with Gasteiger partial charge in [0, 0.05) is 12.8 Å². The summed E-state index contributed by atoms with van der Waals surface area (Å²) in [5.74, 6) is -0.101. The van der Waals surface area contributed by atoms with Crippen LogP contribution in [0.2, 0.25) is 0 Å². The van der Waals surface area contributed by atoms with Gasteiger partial charge >= 0.3 is 5.97 Å². The molecule has 1 aliphatic heterocycles. The number of nitriles is 1. The smallest absolute Gasteiger partial charge is 0.306 e. The van der Waals surface area contributed by atoms with Crippen molar-refractivity contribution in [2.24, 2.45) is 0 Å². The molecule has 0 spiro atoms. The molecule has 1 fully saturated rings. The molecule has 0 aromatic carbocycles. The number of esters is 1. The second-order valence-corrected chi connectivity index (χ2v) is 3.05. The van der Waals surface area contributed by atoms with E-state index in [9.17, 15) is 4.79 Å². The molecule has 1 saturated heterocycles. The summed E-state index contributed by atoms with van der Waals surface area (Å²) < 4.78 is 5.12. The summed E-state index contributed by atoms with van der Waals surface area (Å²) in [6.45, 7) is 0. The fraction of sp³-hybridized carbons (Fsp3) is 0.778. The van der Waals surface area contributed by atoms with Gasteiger partial charge < -0.3 is 4.74 Å². The molecule has 12 heavy (non-hydrogen) atoms. The molecule has 3 nitrogen and oxygen atoms in total. The summed E-state index contributed by atoms with van der Waals surface area (Å²) in [6.07, 6.45) is 4.63. The average molecular weight is 167 g/mol. The number of hydrogen-bond donors (Lipinski definition) is 0. The number of ether oxygens (including phenoxy) is 1. The van der Waals surface area contributed by atoms with Gasteiger partial charge in [0.1, 0.15) is 6.10 Å². The van der Waals surface area contributed by atoms with Gasteiger partial charge in [-0.05, 0) is 25.7 Å². The fourth-order valence-electron chi connectivity index (χ4n) is 1.37. The zero-order chi connectivity index (χ0) is 8.81. The van der Waals surface area contributed by atoms with Crippen LogP contribution in [0.15, 0.2) is 0 Å². The molecule has 0 bridgehead atoms. The minimum absolute atomic E-state index is 0.000324. The molecule has 66 valence electrons. The maximum absolute atomic E-state index is 11.0. The molecule has 0 saturated carbocycles. The summed E-state index contributed by atoms with van der Waals surface area (Å²) in [6, 6.07) is 2.06. The van der Waals surface area contributed by atoms with E-state index in [1.165, 1.54) is 0 Å². The Bertz CT molecular complexity index is 195. The maximum Gasteiger partial charge on any atom is 0.306 e. The Labute approximate surface area is 72.3 Å². The van der Waals surface area contributed by atoms with Crippen LogP contribution in [0.5, 0.6) is 0 Å². The van der Waals surface area contributed by atoms with Crippen molar-refractivity contribution in [2.75, 3.05) is 0 Å². The number of hydrogen-bond acceptors (Lipinski definition) is 3. The SMILES string of the molecule is N#CCC[C@H]1CCCCC(=O)O1. The van der Waals surface area contributed by atoms with E-state index >= 15 is 0 Å². The van der Waals surface area contributed by atoms with E-state index in [4.69, 9.17) is 10.00 Å². The van der Waals surface area contributed by atoms with Crippen molar-refractivity contribution in [3.8, 4) is 6.07 Å². The predicted molar refractivity (Wildman–Crippen MR) is 43.2 cm³/mol. The van der Waals surface area contributed by atoms with E-state index in [-0.39, 0.29) is 12.1 Å². The van der Waals surface area contributed by atoms with Gasteiger partial charge in [0.25, 0.3) is 0 Å². The van der Waals surface area contributed by atoms with Crippen LogP contribution in [0.1, 0.15) is 38.5 Å². The molecule has 1 atom stereocenters. The van der Waals surface area contributed by atoms with Crippen LogP contribution >= 0.6 is 0 Å². The van der Waals surface area contributed by atoms with Gasteiger partial charge in [-0.1, -0.05) is 0 Å².